The molecule has 0 aromatic heterocycles. The van der Waals surface area contributed by atoms with E-state index >= 15 is 0 Å². The number of aliphatic carboxylic acids is 1. The van der Waals surface area contributed by atoms with Gasteiger partial charge in [-0.2, -0.15) is 0 Å². The van der Waals surface area contributed by atoms with Crippen LogP contribution in [0.25, 0.3) is 0 Å². The van der Waals surface area contributed by atoms with E-state index in [2.05, 4.69) is 67.8 Å². The van der Waals surface area contributed by atoms with Crippen LogP contribution in [0, 0.1) is 0 Å². The average Bonchev–Trinajstić information content (AvgIpc) is 3.13. The summed E-state index contributed by atoms with van der Waals surface area (Å²) in [5, 5.41) is 11.1. The number of carboxylic acid groups (broad SMARTS) is 1. The summed E-state index contributed by atoms with van der Waals surface area (Å²) in [6.45, 7) is 4.11. The molecule has 0 bridgehead atoms. The molecule has 0 spiro atoms. The van der Waals surface area contributed by atoms with Crippen molar-refractivity contribution in [3.8, 4) is 0 Å². The van der Waals surface area contributed by atoms with E-state index in [0.717, 1.165) is 89.9 Å². The number of allylic oxidation sites excluding steroid dienone is 8. The van der Waals surface area contributed by atoms with Crippen LogP contribution in [0.2, 0.25) is 0 Å². The van der Waals surface area contributed by atoms with E-state index in [1.54, 1.807) is 0 Å². The van der Waals surface area contributed by atoms with Crippen LogP contribution < -0.4 is 5.32 Å². The lowest BCUT2D eigenvalue weighted by atomic mass is 10.0. The van der Waals surface area contributed by atoms with Crippen molar-refractivity contribution in [3.05, 3.63) is 48.6 Å². The van der Waals surface area contributed by atoms with Gasteiger partial charge in [0.25, 0.3) is 0 Å². The van der Waals surface area contributed by atoms with Crippen LogP contribution in [0.5, 0.6) is 0 Å². The number of ether oxygens (including phenoxy) is 1. The first kappa shape index (κ1) is 49.4. The molecule has 1 atom stereocenters. The molecule has 0 saturated carbocycles. The van der Waals surface area contributed by atoms with Gasteiger partial charge in [-0.05, 0) is 77.0 Å². The van der Waals surface area contributed by atoms with Crippen molar-refractivity contribution in [1.82, 2.24) is 5.32 Å². The van der Waals surface area contributed by atoms with Crippen molar-refractivity contribution in [2.24, 2.45) is 0 Å². The molecule has 1 unspecified atom stereocenters. The summed E-state index contributed by atoms with van der Waals surface area (Å²) in [5.74, 6) is -1.24. The highest BCUT2D eigenvalue weighted by molar-refractivity contribution is 5.80. The lowest BCUT2D eigenvalue weighted by molar-refractivity contribution is -0.150. The van der Waals surface area contributed by atoms with Crippen molar-refractivity contribution in [3.63, 3.8) is 0 Å². The summed E-state index contributed by atoms with van der Waals surface area (Å²) >= 11 is 0. The molecule has 1 amide bonds. The van der Waals surface area contributed by atoms with Gasteiger partial charge < -0.3 is 15.2 Å². The zero-order valence-electron chi connectivity index (χ0n) is 33.9. The quantitative estimate of drug-likeness (QED) is 0.0373. The number of hydrogen-bond acceptors (Lipinski definition) is 4. The van der Waals surface area contributed by atoms with Gasteiger partial charge in [0.15, 0.2) is 0 Å². The van der Waals surface area contributed by atoms with E-state index in [4.69, 9.17) is 9.84 Å². The molecule has 0 radical (unpaired) electrons. The topological polar surface area (TPSA) is 92.7 Å². The second kappa shape index (κ2) is 41.1. The molecule has 0 saturated heterocycles. The first-order valence-electron chi connectivity index (χ1n) is 21.8. The Morgan fingerprint density at radius 2 is 0.942 bits per heavy atom. The predicted octanol–water partition coefficient (Wildman–Crippen LogP) is 13.5. The Bertz CT molecular complexity index is 937. The molecule has 0 aliphatic heterocycles. The van der Waals surface area contributed by atoms with Crippen LogP contribution >= 0.6 is 0 Å². The van der Waals surface area contributed by atoms with Gasteiger partial charge in [0.1, 0.15) is 12.6 Å². The lowest BCUT2D eigenvalue weighted by Gasteiger charge is -2.18. The van der Waals surface area contributed by atoms with Crippen molar-refractivity contribution in [2.75, 3.05) is 6.54 Å². The third-order valence-corrected chi connectivity index (χ3v) is 9.52. The summed E-state index contributed by atoms with van der Waals surface area (Å²) in [5.41, 5.74) is 0. The highest BCUT2D eigenvalue weighted by Gasteiger charge is 2.14. The van der Waals surface area contributed by atoms with E-state index in [1.165, 1.54) is 96.3 Å². The van der Waals surface area contributed by atoms with Crippen molar-refractivity contribution in [1.29, 1.82) is 0 Å². The van der Waals surface area contributed by atoms with Gasteiger partial charge in [0.05, 0.1) is 0 Å². The number of carboxylic acids is 1. The molecule has 0 aromatic carbocycles. The van der Waals surface area contributed by atoms with Gasteiger partial charge >= 0.3 is 11.9 Å². The van der Waals surface area contributed by atoms with E-state index in [1.807, 2.05) is 0 Å². The number of nitrogens with one attached hydrogen (secondary N) is 1. The minimum absolute atomic E-state index is 0.0236. The second-order valence-electron chi connectivity index (χ2n) is 14.6. The molecule has 0 aliphatic carbocycles. The number of hydrogen-bond donors (Lipinski definition) is 2. The maximum Gasteiger partial charge on any atom is 0.322 e. The van der Waals surface area contributed by atoms with Crippen molar-refractivity contribution >= 4 is 17.8 Å². The molecule has 52 heavy (non-hydrogen) atoms. The molecule has 0 fully saturated rings. The summed E-state index contributed by atoms with van der Waals surface area (Å²) < 4.78 is 6.02. The Labute approximate surface area is 320 Å². The number of carbonyl (C=O) groups excluding carboxylic acids is 2. The Morgan fingerprint density at radius 3 is 1.44 bits per heavy atom. The van der Waals surface area contributed by atoms with Gasteiger partial charge in [-0.1, -0.05) is 172 Å². The van der Waals surface area contributed by atoms with E-state index < -0.39 is 5.97 Å². The first-order chi connectivity index (χ1) is 25.5. The Kier molecular flexibility index (Phi) is 39.1. The molecule has 300 valence electrons. The fourth-order valence-corrected chi connectivity index (χ4v) is 6.33. The number of rotatable bonds is 39. The van der Waals surface area contributed by atoms with E-state index in [-0.39, 0.29) is 24.5 Å². The molecule has 6 nitrogen and oxygen atoms in total. The third-order valence-electron chi connectivity index (χ3n) is 9.52. The molecule has 6 heteroatoms. The zero-order chi connectivity index (χ0) is 38.0. The van der Waals surface area contributed by atoms with Gasteiger partial charge in [0.2, 0.25) is 5.91 Å². The van der Waals surface area contributed by atoms with Crippen LogP contribution in [0.15, 0.2) is 48.6 Å². The molecular weight excluding hydrogens is 647 g/mol. The molecule has 0 aromatic rings. The highest BCUT2D eigenvalue weighted by Crippen LogP contribution is 2.19. The Morgan fingerprint density at radius 1 is 0.519 bits per heavy atom. The highest BCUT2D eigenvalue weighted by atomic mass is 16.5. The van der Waals surface area contributed by atoms with Crippen LogP contribution in [-0.4, -0.2) is 35.6 Å². The first-order valence-corrected chi connectivity index (χ1v) is 21.8. The van der Waals surface area contributed by atoms with Crippen molar-refractivity contribution < 1.29 is 24.2 Å². The standard InChI is InChI=1S/C46H81NO5/c1-3-5-7-9-11-13-14-15-16-17-18-19-20-21-22-23-24-26-28-33-37-41-46(51)52-43(38-34-30-27-25-12-10-8-6-4-2)39-35-31-29-32-36-40-44(48)47-42-45(49)50/h5,7,11,13,15-16,18-19,43H,3-4,6,8-10,12,14,17,20-42H2,1-2H3,(H,47,48)(H,49,50)/b7-5-,13-11-,16-15-,19-18-. The summed E-state index contributed by atoms with van der Waals surface area (Å²) in [4.78, 5) is 35.0. The maximum absolute atomic E-state index is 12.7. The average molecular weight is 728 g/mol. The summed E-state index contributed by atoms with van der Waals surface area (Å²) in [6, 6.07) is 0. The van der Waals surface area contributed by atoms with Gasteiger partial charge in [-0.25, -0.2) is 0 Å². The molecule has 0 heterocycles. The van der Waals surface area contributed by atoms with Crippen LogP contribution in [0.3, 0.4) is 0 Å². The lowest BCUT2D eigenvalue weighted by Crippen LogP contribution is -2.28. The second-order valence-corrected chi connectivity index (χ2v) is 14.6. The monoisotopic (exact) mass is 728 g/mol. The molecule has 0 rings (SSSR count). The Hall–Kier alpha value is -2.63. The SMILES string of the molecule is CC/C=C\C/C=C\C/C=C\C/C=C\CCCCCCCCCCC(=O)OC(CCCCCCCCCCC)CCCCCCCC(=O)NCC(=O)O. The predicted molar refractivity (Wildman–Crippen MR) is 222 cm³/mol. The van der Waals surface area contributed by atoms with Gasteiger partial charge in [-0.15, -0.1) is 0 Å². The van der Waals surface area contributed by atoms with Crippen LogP contribution in [0.4, 0.5) is 0 Å². The summed E-state index contributed by atoms with van der Waals surface area (Å²) in [7, 11) is 0. The van der Waals surface area contributed by atoms with Gasteiger partial charge in [0, 0.05) is 12.8 Å². The normalized spacial score (nSPS) is 12.5. The fraction of sp³-hybridized carbons (Fsp3) is 0.761. The van der Waals surface area contributed by atoms with E-state index in [0.29, 0.717) is 12.8 Å². The summed E-state index contributed by atoms with van der Waals surface area (Å²) in [6.07, 6.45) is 52.4. The number of esters is 1. The maximum atomic E-state index is 12.7. The minimum Gasteiger partial charge on any atom is -0.480 e. The van der Waals surface area contributed by atoms with E-state index in [9.17, 15) is 14.4 Å². The molecular formula is C46H81NO5. The van der Waals surface area contributed by atoms with Crippen LogP contribution in [-0.2, 0) is 19.1 Å². The number of unbranched alkanes of at least 4 members (excludes halogenated alkanes) is 20. The molecule has 0 aliphatic rings. The van der Waals surface area contributed by atoms with Crippen molar-refractivity contribution in [2.45, 2.75) is 219 Å². The Balaban J connectivity index is 4.05. The zero-order valence-corrected chi connectivity index (χ0v) is 33.9. The minimum atomic E-state index is -1.02. The smallest absolute Gasteiger partial charge is 0.322 e. The number of carbonyl (C=O) groups is 3. The van der Waals surface area contributed by atoms with Crippen LogP contribution in [0.1, 0.15) is 213 Å². The fourth-order valence-electron chi connectivity index (χ4n) is 6.33. The molecule has 2 N–H and O–H groups in total. The number of amides is 1. The third kappa shape index (κ3) is 40.1. The van der Waals surface area contributed by atoms with Gasteiger partial charge in [-0.3, -0.25) is 14.4 Å². The largest absolute Gasteiger partial charge is 0.480 e.